The number of piperazine rings is 1. The Morgan fingerprint density at radius 1 is 1.09 bits per heavy atom. The van der Waals surface area contributed by atoms with Gasteiger partial charge in [0.2, 0.25) is 10.0 Å². The number of methoxy groups -OCH3 is 1. The van der Waals surface area contributed by atoms with Gasteiger partial charge in [-0.25, -0.2) is 8.42 Å². The lowest BCUT2D eigenvalue weighted by molar-refractivity contribution is 0.00763. The number of hydrogen-bond acceptors (Lipinski definition) is 7. The number of aromatic nitrogens is 1. The minimum absolute atomic E-state index is 0.171. The third-order valence-electron chi connectivity index (χ3n) is 6.13. The molecule has 1 saturated heterocycles. The second kappa shape index (κ2) is 11.1. The second-order valence-electron chi connectivity index (χ2n) is 8.56. The molecule has 2 heterocycles. The van der Waals surface area contributed by atoms with E-state index in [0.717, 1.165) is 16.9 Å². The minimum atomic E-state index is -3.65. The molecule has 0 aliphatic carbocycles. The van der Waals surface area contributed by atoms with E-state index >= 15 is 0 Å². The molecule has 1 unspecified atom stereocenters. The summed E-state index contributed by atoms with van der Waals surface area (Å²) < 4.78 is 44.7. The average Bonchev–Trinajstić information content (AvgIpc) is 3.20. The molecule has 0 spiro atoms. The van der Waals surface area contributed by atoms with Gasteiger partial charge < -0.3 is 14.0 Å². The first-order valence-electron chi connectivity index (χ1n) is 11.4. The standard InChI is InChI=1S/C25H30ClN3O5S/c1-18-25(19(2)34-27-18)35(30,31)29-12-10-28(11-13-29)16-24(21-7-5-9-23(15-21)32-3)33-17-20-6-4-8-22(26)14-20/h4-9,14-15,24H,10-13,16-17H2,1-3H3. The molecule has 0 amide bonds. The van der Waals surface area contributed by atoms with E-state index in [1.165, 1.54) is 4.31 Å². The Balaban J connectivity index is 1.45. The van der Waals surface area contributed by atoms with Crippen molar-refractivity contribution in [1.29, 1.82) is 0 Å². The summed E-state index contributed by atoms with van der Waals surface area (Å²) in [6, 6.07) is 15.4. The number of ether oxygens (including phenoxy) is 2. The summed E-state index contributed by atoms with van der Waals surface area (Å²) in [6.45, 7) is 6.23. The molecule has 1 aromatic heterocycles. The fourth-order valence-electron chi connectivity index (χ4n) is 4.28. The number of rotatable bonds is 9. The van der Waals surface area contributed by atoms with Gasteiger partial charge >= 0.3 is 0 Å². The van der Waals surface area contributed by atoms with Crippen molar-refractivity contribution >= 4 is 21.6 Å². The van der Waals surface area contributed by atoms with Crippen LogP contribution in [0.3, 0.4) is 0 Å². The smallest absolute Gasteiger partial charge is 0.248 e. The molecule has 3 aromatic rings. The highest BCUT2D eigenvalue weighted by atomic mass is 35.5. The molecule has 0 bridgehead atoms. The predicted octanol–water partition coefficient (Wildman–Crippen LogP) is 4.22. The van der Waals surface area contributed by atoms with Gasteiger partial charge in [0.05, 0.1) is 19.8 Å². The molecule has 1 atom stereocenters. The lowest BCUT2D eigenvalue weighted by atomic mass is 10.1. The van der Waals surface area contributed by atoms with Crippen molar-refractivity contribution in [3.63, 3.8) is 0 Å². The summed E-state index contributed by atoms with van der Waals surface area (Å²) in [5.74, 6) is 1.08. The number of sulfonamides is 1. The van der Waals surface area contributed by atoms with Crippen LogP contribution in [0.4, 0.5) is 0 Å². The van der Waals surface area contributed by atoms with Crippen molar-refractivity contribution in [2.24, 2.45) is 0 Å². The van der Waals surface area contributed by atoms with Crippen molar-refractivity contribution in [3.8, 4) is 5.75 Å². The van der Waals surface area contributed by atoms with Crippen LogP contribution in [-0.2, 0) is 21.4 Å². The molecule has 1 aliphatic heterocycles. The highest BCUT2D eigenvalue weighted by Gasteiger charge is 2.33. The van der Waals surface area contributed by atoms with E-state index in [0.29, 0.717) is 55.8 Å². The zero-order valence-electron chi connectivity index (χ0n) is 20.1. The second-order valence-corrected chi connectivity index (χ2v) is 10.9. The summed E-state index contributed by atoms with van der Waals surface area (Å²) in [4.78, 5) is 2.40. The van der Waals surface area contributed by atoms with Crippen LogP contribution >= 0.6 is 11.6 Å². The van der Waals surface area contributed by atoms with Crippen molar-refractivity contribution in [2.75, 3.05) is 39.8 Å². The molecule has 10 heteroatoms. The Morgan fingerprint density at radius 3 is 2.49 bits per heavy atom. The monoisotopic (exact) mass is 519 g/mol. The molecule has 0 N–H and O–H groups in total. The first-order valence-corrected chi connectivity index (χ1v) is 13.2. The Hall–Kier alpha value is -2.43. The normalized spacial score (nSPS) is 16.3. The Labute approximate surface area is 211 Å². The van der Waals surface area contributed by atoms with Gasteiger partial charge in [-0.3, -0.25) is 4.90 Å². The van der Waals surface area contributed by atoms with Crippen LogP contribution in [-0.4, -0.2) is 62.6 Å². The molecule has 2 aromatic carbocycles. The number of nitrogens with zero attached hydrogens (tertiary/aromatic N) is 3. The Bertz CT molecular complexity index is 1240. The number of hydrogen-bond donors (Lipinski definition) is 0. The third-order valence-corrected chi connectivity index (χ3v) is 8.51. The van der Waals surface area contributed by atoms with Gasteiger partial charge in [0, 0.05) is 37.7 Å². The molecule has 188 valence electrons. The van der Waals surface area contributed by atoms with E-state index in [1.54, 1.807) is 21.0 Å². The summed E-state index contributed by atoms with van der Waals surface area (Å²) in [5.41, 5.74) is 2.37. The van der Waals surface area contributed by atoms with Crippen molar-refractivity contribution in [1.82, 2.24) is 14.4 Å². The zero-order chi connectivity index (χ0) is 25.0. The van der Waals surface area contributed by atoms with Crippen LogP contribution in [0.15, 0.2) is 57.9 Å². The SMILES string of the molecule is COc1cccc(C(CN2CCN(S(=O)(=O)c3c(C)noc3C)CC2)OCc2cccc(Cl)c2)c1. The van der Waals surface area contributed by atoms with Crippen LogP contribution < -0.4 is 4.74 Å². The summed E-state index contributed by atoms with van der Waals surface area (Å²) in [5, 5.41) is 4.47. The van der Waals surface area contributed by atoms with Gasteiger partial charge in [0.25, 0.3) is 0 Å². The summed E-state index contributed by atoms with van der Waals surface area (Å²) in [7, 11) is -2.01. The van der Waals surface area contributed by atoms with E-state index in [4.69, 9.17) is 25.6 Å². The van der Waals surface area contributed by atoms with Crippen LogP contribution in [0, 0.1) is 13.8 Å². The van der Waals surface area contributed by atoms with Gasteiger partial charge in [0.1, 0.15) is 16.3 Å². The predicted molar refractivity (Wildman–Crippen MR) is 133 cm³/mol. The molecule has 8 nitrogen and oxygen atoms in total. The number of aryl methyl sites for hydroxylation is 2. The maximum atomic E-state index is 13.2. The quantitative estimate of drug-likeness (QED) is 0.418. The highest BCUT2D eigenvalue weighted by molar-refractivity contribution is 7.89. The Morgan fingerprint density at radius 2 is 1.83 bits per heavy atom. The largest absolute Gasteiger partial charge is 0.497 e. The lowest BCUT2D eigenvalue weighted by Crippen LogP contribution is -2.49. The first kappa shape index (κ1) is 25.7. The van der Waals surface area contributed by atoms with Gasteiger partial charge in [-0.1, -0.05) is 41.0 Å². The van der Waals surface area contributed by atoms with E-state index in [1.807, 2.05) is 48.5 Å². The number of benzene rings is 2. The fourth-order valence-corrected chi connectivity index (χ4v) is 6.20. The average molecular weight is 520 g/mol. The summed E-state index contributed by atoms with van der Waals surface area (Å²) >= 11 is 6.14. The van der Waals surface area contributed by atoms with Crippen LogP contribution in [0.25, 0.3) is 0 Å². The van der Waals surface area contributed by atoms with Gasteiger partial charge in [-0.2, -0.15) is 4.31 Å². The zero-order valence-corrected chi connectivity index (χ0v) is 21.7. The molecule has 0 saturated carbocycles. The van der Waals surface area contributed by atoms with Gasteiger partial charge in [-0.15, -0.1) is 0 Å². The maximum Gasteiger partial charge on any atom is 0.248 e. The Kier molecular flexibility index (Phi) is 8.13. The van der Waals surface area contributed by atoms with E-state index < -0.39 is 10.0 Å². The van der Waals surface area contributed by atoms with Crippen LogP contribution in [0.2, 0.25) is 5.02 Å². The number of halogens is 1. The highest BCUT2D eigenvalue weighted by Crippen LogP contribution is 2.27. The minimum Gasteiger partial charge on any atom is -0.497 e. The molecular formula is C25H30ClN3O5S. The molecule has 0 radical (unpaired) electrons. The molecule has 1 aliphatic rings. The van der Waals surface area contributed by atoms with Crippen LogP contribution in [0.1, 0.15) is 28.7 Å². The molecule has 4 rings (SSSR count). The van der Waals surface area contributed by atoms with Crippen molar-refractivity contribution in [3.05, 3.63) is 76.1 Å². The molecule has 1 fully saturated rings. The van der Waals surface area contributed by atoms with E-state index in [-0.39, 0.29) is 11.0 Å². The van der Waals surface area contributed by atoms with Gasteiger partial charge in [0.15, 0.2) is 5.76 Å². The maximum absolute atomic E-state index is 13.2. The van der Waals surface area contributed by atoms with Crippen molar-refractivity contribution in [2.45, 2.75) is 31.5 Å². The fraction of sp³-hybridized carbons (Fsp3) is 0.400. The van der Waals surface area contributed by atoms with Crippen LogP contribution in [0.5, 0.6) is 5.75 Å². The topological polar surface area (TPSA) is 85.1 Å². The van der Waals surface area contributed by atoms with Gasteiger partial charge in [-0.05, 0) is 49.2 Å². The van der Waals surface area contributed by atoms with E-state index in [9.17, 15) is 8.42 Å². The first-order chi connectivity index (χ1) is 16.8. The molecule has 35 heavy (non-hydrogen) atoms. The van der Waals surface area contributed by atoms with E-state index in [2.05, 4.69) is 10.1 Å². The summed E-state index contributed by atoms with van der Waals surface area (Å²) in [6.07, 6.45) is -0.227. The van der Waals surface area contributed by atoms with Crippen molar-refractivity contribution < 1.29 is 22.4 Å². The molecular weight excluding hydrogens is 490 g/mol. The lowest BCUT2D eigenvalue weighted by Gasteiger charge is -2.35. The third kappa shape index (κ3) is 6.05.